The quantitative estimate of drug-likeness (QED) is 0.554. The summed E-state index contributed by atoms with van der Waals surface area (Å²) in [6.07, 6.45) is 1.61. The van der Waals surface area contributed by atoms with Crippen LogP contribution in [-0.4, -0.2) is 20.4 Å². The highest BCUT2D eigenvalue weighted by Crippen LogP contribution is 2.04. The van der Waals surface area contributed by atoms with Crippen LogP contribution in [0, 0.1) is 4.64 Å². The molecule has 0 fully saturated rings. The zero-order valence-electron chi connectivity index (χ0n) is 4.96. The van der Waals surface area contributed by atoms with Crippen molar-refractivity contribution in [1.82, 2.24) is 20.4 Å². The van der Waals surface area contributed by atoms with Crippen LogP contribution in [0.25, 0.3) is 11.0 Å². The molecule has 0 aromatic carbocycles. The Balaban J connectivity index is 3.07. The minimum absolute atomic E-state index is 0.600. The van der Waals surface area contributed by atoms with Gasteiger partial charge < -0.3 is 0 Å². The summed E-state index contributed by atoms with van der Waals surface area (Å²) in [4.78, 5) is 0. The van der Waals surface area contributed by atoms with Crippen LogP contribution in [0.4, 0.5) is 0 Å². The second kappa shape index (κ2) is 1.88. The second-order valence-corrected chi connectivity index (χ2v) is 2.28. The molecule has 50 valence electrons. The number of rotatable bonds is 0. The van der Waals surface area contributed by atoms with Gasteiger partial charge in [0.15, 0.2) is 0 Å². The van der Waals surface area contributed by atoms with Gasteiger partial charge in [-0.25, -0.2) is 0 Å². The minimum Gasteiger partial charge on any atom is -0.298 e. The first-order chi connectivity index (χ1) is 4.88. The lowest BCUT2D eigenvalue weighted by Gasteiger charge is -1.80. The van der Waals surface area contributed by atoms with Crippen molar-refractivity contribution in [2.75, 3.05) is 0 Å². The van der Waals surface area contributed by atoms with E-state index < -0.39 is 0 Å². The van der Waals surface area contributed by atoms with E-state index in [1.165, 1.54) is 0 Å². The Hall–Kier alpha value is -1.23. The predicted octanol–water partition coefficient (Wildman–Crippen LogP) is 1.02. The van der Waals surface area contributed by atoms with E-state index in [0.717, 1.165) is 11.0 Å². The van der Waals surface area contributed by atoms with Crippen LogP contribution in [0.15, 0.2) is 12.3 Å². The average molecular weight is 152 g/mol. The predicted molar refractivity (Wildman–Crippen MR) is 39.1 cm³/mol. The lowest BCUT2D eigenvalue weighted by molar-refractivity contribution is 1.08. The summed E-state index contributed by atoms with van der Waals surface area (Å²) in [5.41, 5.74) is 1.61. The van der Waals surface area contributed by atoms with E-state index in [-0.39, 0.29) is 0 Å². The number of H-pyrrole nitrogens is 2. The number of fused-ring (bicyclic) bond motifs is 1. The SMILES string of the molecule is S=c1[nH][nH]c2ccnnc12. The van der Waals surface area contributed by atoms with Gasteiger partial charge in [-0.15, -0.1) is 5.10 Å². The van der Waals surface area contributed by atoms with Gasteiger partial charge in [0.05, 0.1) is 11.7 Å². The Morgan fingerprint density at radius 1 is 1.40 bits per heavy atom. The van der Waals surface area contributed by atoms with E-state index >= 15 is 0 Å². The molecule has 0 bridgehead atoms. The summed E-state index contributed by atoms with van der Waals surface area (Å²) < 4.78 is 0.600. The first kappa shape index (κ1) is 5.55. The first-order valence-electron chi connectivity index (χ1n) is 2.76. The molecular weight excluding hydrogens is 148 g/mol. The molecule has 5 heteroatoms. The van der Waals surface area contributed by atoms with Crippen LogP contribution in [0.1, 0.15) is 0 Å². The number of nitrogens with one attached hydrogen (secondary N) is 2. The van der Waals surface area contributed by atoms with E-state index in [1.54, 1.807) is 6.20 Å². The molecule has 4 nitrogen and oxygen atoms in total. The van der Waals surface area contributed by atoms with Gasteiger partial charge in [0.2, 0.25) is 0 Å². The third kappa shape index (κ3) is 0.640. The Bertz CT molecular complexity index is 401. The molecule has 2 rings (SSSR count). The highest BCUT2D eigenvalue weighted by molar-refractivity contribution is 7.71. The molecule has 2 N–H and O–H groups in total. The summed E-state index contributed by atoms with van der Waals surface area (Å²) in [6, 6.07) is 1.81. The highest BCUT2D eigenvalue weighted by atomic mass is 32.1. The lowest BCUT2D eigenvalue weighted by Crippen LogP contribution is -1.77. The molecule has 0 atom stereocenters. The van der Waals surface area contributed by atoms with Crippen LogP contribution in [-0.2, 0) is 0 Å². The Morgan fingerprint density at radius 3 is 3.10 bits per heavy atom. The molecule has 0 spiro atoms. The fourth-order valence-corrected chi connectivity index (χ4v) is 0.985. The maximum Gasteiger partial charge on any atom is 0.147 e. The molecule has 0 aliphatic heterocycles. The van der Waals surface area contributed by atoms with E-state index in [0.29, 0.717) is 4.64 Å². The van der Waals surface area contributed by atoms with Crippen molar-refractivity contribution in [3.05, 3.63) is 16.9 Å². The van der Waals surface area contributed by atoms with Crippen molar-refractivity contribution < 1.29 is 0 Å². The Morgan fingerprint density at radius 2 is 2.30 bits per heavy atom. The molecular formula is C5H4N4S. The van der Waals surface area contributed by atoms with Gasteiger partial charge in [-0.2, -0.15) is 5.10 Å². The second-order valence-electron chi connectivity index (χ2n) is 1.87. The van der Waals surface area contributed by atoms with Gasteiger partial charge in [-0.1, -0.05) is 12.2 Å². The number of nitrogens with zero attached hydrogens (tertiary/aromatic N) is 2. The summed E-state index contributed by atoms with van der Waals surface area (Å²) >= 11 is 4.90. The van der Waals surface area contributed by atoms with Gasteiger partial charge in [0, 0.05) is 0 Å². The first-order valence-corrected chi connectivity index (χ1v) is 3.17. The Labute approximate surface area is 61.3 Å². The highest BCUT2D eigenvalue weighted by Gasteiger charge is 1.95. The average Bonchev–Trinajstić information content (AvgIpc) is 2.34. The molecule has 10 heavy (non-hydrogen) atoms. The molecule has 0 amide bonds. The summed E-state index contributed by atoms with van der Waals surface area (Å²) in [7, 11) is 0. The summed E-state index contributed by atoms with van der Waals surface area (Å²) in [5.74, 6) is 0. The van der Waals surface area contributed by atoms with Crippen molar-refractivity contribution in [3.63, 3.8) is 0 Å². The van der Waals surface area contributed by atoms with Crippen LogP contribution in [0.3, 0.4) is 0 Å². The molecule has 2 aromatic heterocycles. The van der Waals surface area contributed by atoms with E-state index in [9.17, 15) is 0 Å². The van der Waals surface area contributed by atoms with Gasteiger partial charge in [0.25, 0.3) is 0 Å². The van der Waals surface area contributed by atoms with E-state index in [4.69, 9.17) is 12.2 Å². The van der Waals surface area contributed by atoms with Crippen LogP contribution in [0.5, 0.6) is 0 Å². The van der Waals surface area contributed by atoms with Gasteiger partial charge in [0.1, 0.15) is 10.2 Å². The molecule has 2 heterocycles. The normalized spacial score (nSPS) is 10.4. The zero-order chi connectivity index (χ0) is 6.97. The maximum atomic E-state index is 4.90. The largest absolute Gasteiger partial charge is 0.298 e. The lowest BCUT2D eigenvalue weighted by atomic mass is 10.4. The van der Waals surface area contributed by atoms with Gasteiger partial charge in [-0.3, -0.25) is 10.2 Å². The van der Waals surface area contributed by atoms with Gasteiger partial charge in [-0.05, 0) is 6.07 Å². The van der Waals surface area contributed by atoms with Crippen LogP contribution < -0.4 is 0 Å². The smallest absolute Gasteiger partial charge is 0.147 e. The van der Waals surface area contributed by atoms with Gasteiger partial charge >= 0.3 is 0 Å². The molecule has 0 aliphatic carbocycles. The fourth-order valence-electron chi connectivity index (χ4n) is 0.784. The summed E-state index contributed by atoms with van der Waals surface area (Å²) in [6.45, 7) is 0. The number of aromatic amines is 2. The third-order valence-corrected chi connectivity index (χ3v) is 1.54. The number of hydrogen-bond donors (Lipinski definition) is 2. The topological polar surface area (TPSA) is 57.4 Å². The van der Waals surface area contributed by atoms with Crippen molar-refractivity contribution in [2.45, 2.75) is 0 Å². The monoisotopic (exact) mass is 152 g/mol. The number of aromatic nitrogens is 4. The molecule has 0 aliphatic rings. The molecule has 0 saturated carbocycles. The van der Waals surface area contributed by atoms with E-state index in [2.05, 4.69) is 20.4 Å². The van der Waals surface area contributed by atoms with Crippen molar-refractivity contribution >= 4 is 23.3 Å². The van der Waals surface area contributed by atoms with Crippen molar-refractivity contribution in [1.29, 1.82) is 0 Å². The molecule has 0 saturated heterocycles. The molecule has 0 unspecified atom stereocenters. The summed E-state index contributed by atoms with van der Waals surface area (Å²) in [5, 5.41) is 13.1. The fraction of sp³-hybridized carbons (Fsp3) is 0. The standard InChI is InChI=1S/C5H4N4S/c10-5-4-3(7-9-5)1-2-6-8-4/h1-2H,(H2,7,9,10). The van der Waals surface area contributed by atoms with Crippen LogP contribution in [0.2, 0.25) is 0 Å². The minimum atomic E-state index is 0.600. The van der Waals surface area contributed by atoms with Crippen LogP contribution >= 0.6 is 12.2 Å². The number of hydrogen-bond acceptors (Lipinski definition) is 3. The third-order valence-electron chi connectivity index (χ3n) is 1.25. The molecule has 0 radical (unpaired) electrons. The van der Waals surface area contributed by atoms with Crippen molar-refractivity contribution in [3.8, 4) is 0 Å². The maximum absolute atomic E-state index is 4.90. The van der Waals surface area contributed by atoms with E-state index in [1.807, 2.05) is 6.07 Å². The Kier molecular flexibility index (Phi) is 1.04. The zero-order valence-corrected chi connectivity index (χ0v) is 5.77. The molecule has 2 aromatic rings. The van der Waals surface area contributed by atoms with Crippen molar-refractivity contribution in [2.24, 2.45) is 0 Å².